The van der Waals surface area contributed by atoms with Crippen LogP contribution in [0.5, 0.6) is 5.75 Å². The first kappa shape index (κ1) is 21.5. The molecule has 0 aliphatic carbocycles. The van der Waals surface area contributed by atoms with Crippen LogP contribution < -0.4 is 4.74 Å². The molecule has 3 heteroatoms. The molecule has 1 rings (SSSR count). The number of hydrogen-bond donors (Lipinski definition) is 0. The summed E-state index contributed by atoms with van der Waals surface area (Å²) in [6, 6.07) is 7.79. The molecule has 142 valence electrons. The predicted molar refractivity (Wildman–Crippen MR) is 104 cm³/mol. The summed E-state index contributed by atoms with van der Waals surface area (Å²) in [5, 5.41) is 0. The minimum atomic E-state index is -0.598. The zero-order valence-corrected chi connectivity index (χ0v) is 16.2. The summed E-state index contributed by atoms with van der Waals surface area (Å²) < 4.78 is 10.3. The molecule has 0 unspecified atom stereocenters. The maximum absolute atomic E-state index is 11.6. The Morgan fingerprint density at radius 2 is 1.32 bits per heavy atom. The third kappa shape index (κ3) is 11.6. The number of hydrogen-bond acceptors (Lipinski definition) is 3. The Kier molecular flexibility index (Phi) is 12.7. The van der Waals surface area contributed by atoms with Gasteiger partial charge in [0.05, 0.1) is 6.61 Å². The van der Waals surface area contributed by atoms with Gasteiger partial charge in [0.25, 0.3) is 0 Å². The van der Waals surface area contributed by atoms with Gasteiger partial charge in [0, 0.05) is 0 Å². The Labute approximate surface area is 154 Å². The predicted octanol–water partition coefficient (Wildman–Crippen LogP) is 7.08. The van der Waals surface area contributed by atoms with Gasteiger partial charge in [0.15, 0.2) is 0 Å². The molecule has 0 fully saturated rings. The van der Waals surface area contributed by atoms with E-state index in [2.05, 4.69) is 13.8 Å². The van der Waals surface area contributed by atoms with Crippen LogP contribution in [0.2, 0.25) is 0 Å². The van der Waals surface area contributed by atoms with Crippen LogP contribution in [0.4, 0.5) is 4.79 Å². The Balaban J connectivity index is 2.13. The smallest absolute Gasteiger partial charge is 0.434 e. The summed E-state index contributed by atoms with van der Waals surface area (Å²) in [5.74, 6) is 0.558. The third-order valence-corrected chi connectivity index (χ3v) is 4.41. The Morgan fingerprint density at radius 1 is 0.760 bits per heavy atom. The minimum absolute atomic E-state index is 0.443. The summed E-state index contributed by atoms with van der Waals surface area (Å²) in [5.41, 5.74) is 1.30. The molecule has 0 amide bonds. The van der Waals surface area contributed by atoms with Crippen molar-refractivity contribution in [3.8, 4) is 5.75 Å². The first-order valence-electron chi connectivity index (χ1n) is 10.2. The highest BCUT2D eigenvalue weighted by molar-refractivity contribution is 5.63. The number of unbranched alkanes of at least 4 members (excludes halogenated alkanes) is 9. The largest absolute Gasteiger partial charge is 0.513 e. The van der Waals surface area contributed by atoms with E-state index in [0.29, 0.717) is 12.4 Å². The maximum Gasteiger partial charge on any atom is 0.513 e. The van der Waals surface area contributed by atoms with Gasteiger partial charge in [-0.15, -0.1) is 0 Å². The monoisotopic (exact) mass is 348 g/mol. The molecular weight excluding hydrogens is 312 g/mol. The first-order valence-corrected chi connectivity index (χ1v) is 10.2. The van der Waals surface area contributed by atoms with Gasteiger partial charge < -0.3 is 9.47 Å². The summed E-state index contributed by atoms with van der Waals surface area (Å²) in [6.07, 6.45) is 14.0. The Hall–Kier alpha value is -1.51. The van der Waals surface area contributed by atoms with E-state index in [1.54, 1.807) is 0 Å². The summed E-state index contributed by atoms with van der Waals surface area (Å²) in [6.45, 7) is 4.87. The van der Waals surface area contributed by atoms with Gasteiger partial charge in [0.1, 0.15) is 5.75 Å². The van der Waals surface area contributed by atoms with Gasteiger partial charge in [-0.25, -0.2) is 4.79 Å². The quantitative estimate of drug-likeness (QED) is 0.205. The first-order chi connectivity index (χ1) is 12.3. The van der Waals surface area contributed by atoms with Crippen molar-refractivity contribution in [3.05, 3.63) is 29.8 Å². The van der Waals surface area contributed by atoms with Crippen LogP contribution in [-0.2, 0) is 11.2 Å². The zero-order valence-electron chi connectivity index (χ0n) is 16.2. The molecular formula is C22H36O3. The Morgan fingerprint density at radius 3 is 1.96 bits per heavy atom. The number of carbonyl (C=O) groups is 1. The van der Waals surface area contributed by atoms with E-state index in [1.165, 1.54) is 63.4 Å². The lowest BCUT2D eigenvalue weighted by Gasteiger charge is -2.07. The Bertz CT molecular complexity index is 439. The van der Waals surface area contributed by atoms with Gasteiger partial charge in [-0.05, 0) is 37.0 Å². The molecule has 1 aromatic rings. The molecule has 0 radical (unpaired) electrons. The van der Waals surface area contributed by atoms with E-state index in [-0.39, 0.29) is 0 Å². The van der Waals surface area contributed by atoms with Crippen molar-refractivity contribution < 1.29 is 14.3 Å². The number of benzene rings is 1. The van der Waals surface area contributed by atoms with Crippen molar-refractivity contribution in [2.24, 2.45) is 0 Å². The molecule has 25 heavy (non-hydrogen) atoms. The van der Waals surface area contributed by atoms with Gasteiger partial charge in [0.2, 0.25) is 0 Å². The summed E-state index contributed by atoms with van der Waals surface area (Å²) >= 11 is 0. The molecule has 0 aromatic heterocycles. The second kappa shape index (κ2) is 14.8. The van der Waals surface area contributed by atoms with Crippen LogP contribution >= 0.6 is 0 Å². The average molecular weight is 349 g/mol. The number of aryl methyl sites for hydroxylation is 1. The highest BCUT2D eigenvalue weighted by atomic mass is 16.7. The zero-order chi connectivity index (χ0) is 18.2. The number of rotatable bonds is 14. The van der Waals surface area contributed by atoms with Crippen LogP contribution in [0.1, 0.15) is 90.0 Å². The van der Waals surface area contributed by atoms with Crippen LogP contribution in [0.3, 0.4) is 0 Å². The van der Waals surface area contributed by atoms with E-state index in [1.807, 2.05) is 24.3 Å². The molecule has 0 saturated heterocycles. The lowest BCUT2D eigenvalue weighted by atomic mass is 10.1. The molecule has 0 spiro atoms. The van der Waals surface area contributed by atoms with Crippen molar-refractivity contribution in [2.75, 3.05) is 6.61 Å². The average Bonchev–Trinajstić information content (AvgIpc) is 2.62. The molecule has 3 nitrogen and oxygen atoms in total. The molecule has 0 atom stereocenters. The molecule has 1 aromatic carbocycles. The minimum Gasteiger partial charge on any atom is -0.434 e. The molecule has 0 N–H and O–H groups in total. The van der Waals surface area contributed by atoms with Gasteiger partial charge in [-0.3, -0.25) is 0 Å². The fourth-order valence-corrected chi connectivity index (χ4v) is 2.82. The van der Waals surface area contributed by atoms with E-state index >= 15 is 0 Å². The van der Waals surface area contributed by atoms with Crippen LogP contribution in [-0.4, -0.2) is 12.8 Å². The SMILES string of the molecule is CCCCCCCCc1ccc(OC(=O)OCCCCCCC)cc1. The van der Waals surface area contributed by atoms with E-state index in [9.17, 15) is 4.79 Å². The van der Waals surface area contributed by atoms with Crippen molar-refractivity contribution >= 4 is 6.16 Å². The van der Waals surface area contributed by atoms with E-state index in [0.717, 1.165) is 19.3 Å². The van der Waals surface area contributed by atoms with E-state index in [4.69, 9.17) is 9.47 Å². The fourth-order valence-electron chi connectivity index (χ4n) is 2.82. The van der Waals surface area contributed by atoms with Crippen molar-refractivity contribution in [1.82, 2.24) is 0 Å². The molecule has 0 saturated carbocycles. The number of carbonyl (C=O) groups excluding carboxylic acids is 1. The van der Waals surface area contributed by atoms with Gasteiger partial charge in [-0.1, -0.05) is 83.8 Å². The highest BCUT2D eigenvalue weighted by Gasteiger charge is 2.06. The van der Waals surface area contributed by atoms with Gasteiger partial charge in [-0.2, -0.15) is 0 Å². The lowest BCUT2D eigenvalue weighted by molar-refractivity contribution is 0.0973. The van der Waals surface area contributed by atoms with Crippen molar-refractivity contribution in [3.63, 3.8) is 0 Å². The lowest BCUT2D eigenvalue weighted by Crippen LogP contribution is -2.11. The molecule has 0 aliphatic heterocycles. The summed E-state index contributed by atoms with van der Waals surface area (Å²) in [7, 11) is 0. The second-order valence-corrected chi connectivity index (χ2v) is 6.78. The fraction of sp³-hybridized carbons (Fsp3) is 0.682. The maximum atomic E-state index is 11.6. The topological polar surface area (TPSA) is 35.5 Å². The normalized spacial score (nSPS) is 10.6. The molecule has 0 bridgehead atoms. The summed E-state index contributed by atoms with van der Waals surface area (Å²) in [4.78, 5) is 11.6. The standard InChI is InChI=1S/C22H36O3/c1-3-5-7-9-10-12-14-20-15-17-21(18-16-20)25-22(23)24-19-13-11-8-6-4-2/h15-18H,3-14,19H2,1-2H3. The van der Waals surface area contributed by atoms with Crippen molar-refractivity contribution in [2.45, 2.75) is 90.9 Å². The molecule has 0 heterocycles. The second-order valence-electron chi connectivity index (χ2n) is 6.78. The van der Waals surface area contributed by atoms with Crippen LogP contribution in [0.25, 0.3) is 0 Å². The van der Waals surface area contributed by atoms with Crippen LogP contribution in [0.15, 0.2) is 24.3 Å². The van der Waals surface area contributed by atoms with Crippen molar-refractivity contribution in [1.29, 1.82) is 0 Å². The van der Waals surface area contributed by atoms with E-state index < -0.39 is 6.16 Å². The number of ether oxygens (including phenoxy) is 2. The highest BCUT2D eigenvalue weighted by Crippen LogP contribution is 2.16. The third-order valence-electron chi connectivity index (χ3n) is 4.41. The molecule has 0 aliphatic rings. The van der Waals surface area contributed by atoms with Gasteiger partial charge >= 0.3 is 6.16 Å². The van der Waals surface area contributed by atoms with Crippen LogP contribution in [0, 0.1) is 0 Å².